The van der Waals surface area contributed by atoms with E-state index in [1.54, 1.807) is 0 Å². The number of ether oxygens (including phenoxy) is 1. The highest BCUT2D eigenvalue weighted by atomic mass is 19.2. The van der Waals surface area contributed by atoms with Gasteiger partial charge in [0.25, 0.3) is 0 Å². The molecule has 1 rings (SSSR count). The minimum Gasteiger partial charge on any atom is -0.391 e. The minimum atomic E-state index is -1.57. The summed E-state index contributed by atoms with van der Waals surface area (Å²) >= 11 is 0. The van der Waals surface area contributed by atoms with Gasteiger partial charge in [-0.2, -0.15) is 0 Å². The Kier molecular flexibility index (Phi) is 6.95. The van der Waals surface area contributed by atoms with Gasteiger partial charge in [-0.3, -0.25) is 0 Å². The van der Waals surface area contributed by atoms with Crippen LogP contribution in [0.25, 0.3) is 0 Å². The average molecular weight is 294 g/mol. The minimum absolute atomic E-state index is 0.268. The second kappa shape index (κ2) is 8.21. The Bertz CT molecular complexity index is 420. The van der Waals surface area contributed by atoms with Gasteiger partial charge in [-0.05, 0) is 6.42 Å². The first-order valence-electron chi connectivity index (χ1n) is 6.56. The van der Waals surface area contributed by atoms with Crippen molar-refractivity contribution in [3.63, 3.8) is 0 Å². The fourth-order valence-corrected chi connectivity index (χ4v) is 1.79. The molecular formula is C14H18F4O2. The van der Waals surface area contributed by atoms with E-state index in [9.17, 15) is 17.6 Å². The molecule has 2 nitrogen and oxygen atoms in total. The highest BCUT2D eigenvalue weighted by molar-refractivity contribution is 5.29. The number of halogens is 4. The van der Waals surface area contributed by atoms with Crippen molar-refractivity contribution in [3.05, 3.63) is 34.4 Å². The maximum absolute atomic E-state index is 13.5. The fourth-order valence-electron chi connectivity index (χ4n) is 1.79. The summed E-state index contributed by atoms with van der Waals surface area (Å²) in [6, 6.07) is 0. The molecule has 0 saturated heterocycles. The number of aliphatic hydroxyl groups is 1. The van der Waals surface area contributed by atoms with Crippen LogP contribution in [0.2, 0.25) is 0 Å². The monoisotopic (exact) mass is 294 g/mol. The van der Waals surface area contributed by atoms with Crippen molar-refractivity contribution in [1.82, 2.24) is 0 Å². The van der Waals surface area contributed by atoms with E-state index in [0.717, 1.165) is 25.7 Å². The van der Waals surface area contributed by atoms with E-state index < -0.39 is 47.6 Å². The molecule has 1 N–H and O–H groups in total. The van der Waals surface area contributed by atoms with E-state index in [-0.39, 0.29) is 6.61 Å². The number of unbranched alkanes of at least 4 members (excludes halogenated alkanes) is 3. The van der Waals surface area contributed by atoms with Gasteiger partial charge in [0.05, 0.1) is 24.3 Å². The summed E-state index contributed by atoms with van der Waals surface area (Å²) in [6.45, 7) is 0.663. The smallest absolute Gasteiger partial charge is 0.167 e. The fraction of sp³-hybridized carbons (Fsp3) is 0.571. The van der Waals surface area contributed by atoms with Crippen molar-refractivity contribution in [2.24, 2.45) is 0 Å². The van der Waals surface area contributed by atoms with Crippen LogP contribution in [0.5, 0.6) is 0 Å². The van der Waals surface area contributed by atoms with Gasteiger partial charge in [-0.1, -0.05) is 26.2 Å². The van der Waals surface area contributed by atoms with Crippen LogP contribution < -0.4 is 0 Å². The summed E-state index contributed by atoms with van der Waals surface area (Å²) in [7, 11) is 0. The van der Waals surface area contributed by atoms with Gasteiger partial charge in [0.15, 0.2) is 23.3 Å². The topological polar surface area (TPSA) is 29.5 Å². The maximum atomic E-state index is 13.5. The Balaban J connectivity index is 2.71. The van der Waals surface area contributed by atoms with E-state index >= 15 is 0 Å². The molecule has 0 aliphatic carbocycles. The Morgan fingerprint density at radius 2 is 1.40 bits per heavy atom. The molecule has 0 aromatic heterocycles. The molecule has 0 bridgehead atoms. The van der Waals surface area contributed by atoms with Crippen LogP contribution in [0.3, 0.4) is 0 Å². The number of aliphatic hydroxyl groups excluding tert-OH is 1. The maximum Gasteiger partial charge on any atom is 0.167 e. The van der Waals surface area contributed by atoms with Crippen LogP contribution in [-0.2, 0) is 18.0 Å². The molecule has 114 valence electrons. The van der Waals surface area contributed by atoms with Crippen LogP contribution in [0.15, 0.2) is 0 Å². The summed E-state index contributed by atoms with van der Waals surface area (Å²) in [4.78, 5) is 0. The SMILES string of the molecule is CCCCCCOCc1c(F)c(F)c(CO)c(F)c1F. The van der Waals surface area contributed by atoms with E-state index in [1.165, 1.54) is 0 Å². The second-order valence-electron chi connectivity index (χ2n) is 4.48. The average Bonchev–Trinajstić information content (AvgIpc) is 2.44. The van der Waals surface area contributed by atoms with Gasteiger partial charge in [-0.25, -0.2) is 17.6 Å². The van der Waals surface area contributed by atoms with Gasteiger partial charge >= 0.3 is 0 Å². The number of hydrogen-bond donors (Lipinski definition) is 1. The number of benzene rings is 1. The Hall–Kier alpha value is -1.14. The molecule has 1 aromatic rings. The zero-order valence-electron chi connectivity index (χ0n) is 11.3. The van der Waals surface area contributed by atoms with Crippen LogP contribution in [0.1, 0.15) is 43.7 Å². The summed E-state index contributed by atoms with van der Waals surface area (Å²) in [6.07, 6.45) is 3.72. The van der Waals surface area contributed by atoms with E-state index in [1.807, 2.05) is 6.92 Å². The van der Waals surface area contributed by atoms with Gasteiger partial charge in [0, 0.05) is 6.61 Å². The summed E-state index contributed by atoms with van der Waals surface area (Å²) in [5.74, 6) is -6.17. The summed E-state index contributed by atoms with van der Waals surface area (Å²) < 4.78 is 58.9. The first-order valence-corrected chi connectivity index (χ1v) is 6.56. The zero-order chi connectivity index (χ0) is 15.1. The van der Waals surface area contributed by atoms with Crippen LogP contribution in [0, 0.1) is 23.3 Å². The largest absolute Gasteiger partial charge is 0.391 e. The molecule has 0 radical (unpaired) electrons. The van der Waals surface area contributed by atoms with Gasteiger partial charge in [0.2, 0.25) is 0 Å². The van der Waals surface area contributed by atoms with Crippen molar-refractivity contribution in [3.8, 4) is 0 Å². The third kappa shape index (κ3) is 3.93. The second-order valence-corrected chi connectivity index (χ2v) is 4.48. The molecular weight excluding hydrogens is 276 g/mol. The highest BCUT2D eigenvalue weighted by Crippen LogP contribution is 2.24. The van der Waals surface area contributed by atoms with Crippen LogP contribution in [-0.4, -0.2) is 11.7 Å². The first kappa shape index (κ1) is 16.9. The molecule has 0 saturated carbocycles. The molecule has 6 heteroatoms. The molecule has 0 aliphatic heterocycles. The van der Waals surface area contributed by atoms with Gasteiger partial charge < -0.3 is 9.84 Å². The quantitative estimate of drug-likeness (QED) is 0.448. The summed E-state index contributed by atoms with van der Waals surface area (Å²) in [5.41, 5.74) is -1.79. The van der Waals surface area contributed by atoms with Gasteiger partial charge in [-0.15, -0.1) is 0 Å². The van der Waals surface area contributed by atoms with E-state index in [2.05, 4.69) is 0 Å². The zero-order valence-corrected chi connectivity index (χ0v) is 11.3. The van der Waals surface area contributed by atoms with Crippen molar-refractivity contribution in [1.29, 1.82) is 0 Å². The lowest BCUT2D eigenvalue weighted by molar-refractivity contribution is 0.110. The molecule has 0 fully saturated rings. The van der Waals surface area contributed by atoms with Crippen LogP contribution >= 0.6 is 0 Å². The lowest BCUT2D eigenvalue weighted by Gasteiger charge is -2.11. The van der Waals surface area contributed by atoms with Crippen molar-refractivity contribution >= 4 is 0 Å². The molecule has 0 aliphatic rings. The van der Waals surface area contributed by atoms with Crippen molar-refractivity contribution in [2.45, 2.75) is 45.8 Å². The molecule has 0 spiro atoms. The third-order valence-electron chi connectivity index (χ3n) is 2.99. The highest BCUT2D eigenvalue weighted by Gasteiger charge is 2.24. The Morgan fingerprint density at radius 1 is 0.850 bits per heavy atom. The molecule has 20 heavy (non-hydrogen) atoms. The molecule has 1 aromatic carbocycles. The Labute approximate surface area is 115 Å². The predicted molar refractivity (Wildman–Crippen MR) is 66.0 cm³/mol. The van der Waals surface area contributed by atoms with E-state index in [0.29, 0.717) is 0 Å². The van der Waals surface area contributed by atoms with E-state index in [4.69, 9.17) is 9.84 Å². The van der Waals surface area contributed by atoms with Crippen molar-refractivity contribution in [2.75, 3.05) is 6.61 Å². The lowest BCUT2D eigenvalue weighted by Crippen LogP contribution is -2.10. The molecule has 0 amide bonds. The van der Waals surface area contributed by atoms with Gasteiger partial charge in [0.1, 0.15) is 0 Å². The normalized spacial score (nSPS) is 11.1. The molecule has 0 unspecified atom stereocenters. The predicted octanol–water partition coefficient (Wildman–Crippen LogP) is 3.83. The number of rotatable bonds is 8. The summed E-state index contributed by atoms with van der Waals surface area (Å²) in [5, 5.41) is 8.69. The van der Waals surface area contributed by atoms with Crippen molar-refractivity contribution < 1.29 is 27.4 Å². The van der Waals surface area contributed by atoms with Crippen LogP contribution in [0.4, 0.5) is 17.6 Å². The Morgan fingerprint density at radius 3 is 1.90 bits per heavy atom. The number of hydrogen-bond acceptors (Lipinski definition) is 2. The third-order valence-corrected chi connectivity index (χ3v) is 2.99. The lowest BCUT2D eigenvalue weighted by atomic mass is 10.1. The first-order chi connectivity index (χ1) is 9.54. The molecule has 0 atom stereocenters. The molecule has 0 heterocycles. The standard InChI is InChI=1S/C14H18F4O2/c1-2-3-4-5-6-20-8-10-13(17)11(15)9(7-19)12(16)14(10)18/h19H,2-8H2,1H3.